The van der Waals surface area contributed by atoms with Crippen molar-refractivity contribution < 1.29 is 19.1 Å². The number of carbonyl (C=O) groups is 2. The second-order valence-corrected chi connectivity index (χ2v) is 5.04. The lowest BCUT2D eigenvalue weighted by Gasteiger charge is -2.24. The molecular weight excluding hydrogens is 258 g/mol. The summed E-state index contributed by atoms with van der Waals surface area (Å²) in [6.45, 7) is 2.76. The van der Waals surface area contributed by atoms with Crippen LogP contribution in [-0.4, -0.2) is 37.2 Å². The number of carbonyl (C=O) groups excluding carboxylic acids is 2. The third-order valence-electron chi connectivity index (χ3n) is 3.41. The van der Waals surface area contributed by atoms with Crippen molar-refractivity contribution in [1.82, 2.24) is 4.90 Å². The molecule has 0 aromatic heterocycles. The summed E-state index contributed by atoms with van der Waals surface area (Å²) < 4.78 is 9.79. The van der Waals surface area contributed by atoms with E-state index in [1.54, 1.807) is 4.90 Å². The Morgan fingerprint density at radius 3 is 2.80 bits per heavy atom. The van der Waals surface area contributed by atoms with E-state index in [-0.39, 0.29) is 24.0 Å². The molecule has 0 aliphatic carbocycles. The van der Waals surface area contributed by atoms with E-state index in [1.165, 1.54) is 7.11 Å². The first-order valence-electron chi connectivity index (χ1n) is 6.67. The standard InChI is InChI=1S/C15H19NO4/c1-11(8-14(17)19-2)9-16-13(10-20-15(16)18)12-6-4-3-5-7-12/h3-7,11,13H,8-10H2,1-2H3/t11?,13-/m1/s1. The van der Waals surface area contributed by atoms with E-state index < -0.39 is 0 Å². The zero-order valence-corrected chi connectivity index (χ0v) is 11.7. The van der Waals surface area contributed by atoms with Gasteiger partial charge in [-0.3, -0.25) is 9.69 Å². The molecule has 1 aliphatic rings. The van der Waals surface area contributed by atoms with Crippen LogP contribution >= 0.6 is 0 Å². The van der Waals surface area contributed by atoms with E-state index >= 15 is 0 Å². The van der Waals surface area contributed by atoms with Crippen molar-refractivity contribution in [2.45, 2.75) is 19.4 Å². The van der Waals surface area contributed by atoms with Crippen molar-refractivity contribution >= 4 is 12.1 Å². The minimum absolute atomic E-state index is 0.0271. The van der Waals surface area contributed by atoms with Crippen LogP contribution in [0, 0.1) is 5.92 Å². The van der Waals surface area contributed by atoms with E-state index in [0.29, 0.717) is 19.6 Å². The molecule has 0 radical (unpaired) electrons. The van der Waals surface area contributed by atoms with Gasteiger partial charge in [-0.15, -0.1) is 0 Å². The Hall–Kier alpha value is -2.04. The monoisotopic (exact) mass is 277 g/mol. The maximum absolute atomic E-state index is 11.8. The van der Waals surface area contributed by atoms with Gasteiger partial charge in [0.05, 0.1) is 13.2 Å². The SMILES string of the molecule is COC(=O)CC(C)CN1C(=O)OC[C@@H]1c1ccccc1. The first-order chi connectivity index (χ1) is 9.61. The number of methoxy groups -OCH3 is 1. The lowest BCUT2D eigenvalue weighted by molar-refractivity contribution is -0.141. The third-order valence-corrected chi connectivity index (χ3v) is 3.41. The Kier molecular flexibility index (Phi) is 4.61. The minimum Gasteiger partial charge on any atom is -0.469 e. The summed E-state index contributed by atoms with van der Waals surface area (Å²) in [5.74, 6) is -0.236. The van der Waals surface area contributed by atoms with Crippen LogP contribution in [0.15, 0.2) is 30.3 Å². The van der Waals surface area contributed by atoms with Gasteiger partial charge in [0, 0.05) is 13.0 Å². The fourth-order valence-corrected chi connectivity index (χ4v) is 2.37. The molecule has 1 aromatic carbocycles. The minimum atomic E-state index is -0.324. The Morgan fingerprint density at radius 1 is 1.45 bits per heavy atom. The molecule has 1 heterocycles. The molecule has 1 aliphatic heterocycles. The highest BCUT2D eigenvalue weighted by Crippen LogP contribution is 2.28. The average molecular weight is 277 g/mol. The van der Waals surface area contributed by atoms with E-state index in [2.05, 4.69) is 4.74 Å². The van der Waals surface area contributed by atoms with Gasteiger partial charge in [-0.2, -0.15) is 0 Å². The molecule has 1 fully saturated rings. The summed E-state index contributed by atoms with van der Waals surface area (Å²) in [6, 6.07) is 9.69. The van der Waals surface area contributed by atoms with Gasteiger partial charge in [0.2, 0.25) is 0 Å². The molecule has 0 spiro atoms. The molecule has 108 valence electrons. The van der Waals surface area contributed by atoms with Crippen LogP contribution in [0.4, 0.5) is 4.79 Å². The summed E-state index contributed by atoms with van der Waals surface area (Å²) in [5, 5.41) is 0. The van der Waals surface area contributed by atoms with Crippen LogP contribution in [0.25, 0.3) is 0 Å². The molecule has 2 rings (SSSR count). The lowest BCUT2D eigenvalue weighted by atomic mass is 10.0. The highest BCUT2D eigenvalue weighted by atomic mass is 16.6. The van der Waals surface area contributed by atoms with E-state index in [1.807, 2.05) is 37.3 Å². The van der Waals surface area contributed by atoms with Gasteiger partial charge in [-0.1, -0.05) is 37.3 Å². The largest absolute Gasteiger partial charge is 0.469 e. The molecule has 1 amide bonds. The number of nitrogens with zero attached hydrogens (tertiary/aromatic N) is 1. The van der Waals surface area contributed by atoms with E-state index in [0.717, 1.165) is 5.56 Å². The van der Waals surface area contributed by atoms with Crippen molar-refractivity contribution in [3.8, 4) is 0 Å². The summed E-state index contributed by atoms with van der Waals surface area (Å²) in [5.41, 5.74) is 1.05. The number of benzene rings is 1. The highest BCUT2D eigenvalue weighted by molar-refractivity contribution is 5.71. The third kappa shape index (κ3) is 3.29. The molecule has 20 heavy (non-hydrogen) atoms. The first kappa shape index (κ1) is 14.4. The molecule has 2 atom stereocenters. The fourth-order valence-electron chi connectivity index (χ4n) is 2.37. The van der Waals surface area contributed by atoms with Gasteiger partial charge in [-0.05, 0) is 11.5 Å². The summed E-state index contributed by atoms with van der Waals surface area (Å²) >= 11 is 0. The van der Waals surface area contributed by atoms with Crippen molar-refractivity contribution in [3.63, 3.8) is 0 Å². The smallest absolute Gasteiger partial charge is 0.410 e. The number of hydrogen-bond donors (Lipinski definition) is 0. The van der Waals surface area contributed by atoms with Crippen LogP contribution in [0.3, 0.4) is 0 Å². The van der Waals surface area contributed by atoms with Crippen LogP contribution in [0.2, 0.25) is 0 Å². The molecule has 0 N–H and O–H groups in total. The predicted molar refractivity (Wildman–Crippen MR) is 73.0 cm³/mol. The van der Waals surface area contributed by atoms with Gasteiger partial charge in [0.15, 0.2) is 0 Å². The number of rotatable bonds is 5. The second-order valence-electron chi connectivity index (χ2n) is 5.04. The number of ether oxygens (including phenoxy) is 2. The molecule has 1 saturated heterocycles. The quantitative estimate of drug-likeness (QED) is 0.775. The lowest BCUT2D eigenvalue weighted by Crippen LogP contribution is -2.32. The van der Waals surface area contributed by atoms with Crippen molar-refractivity contribution in [3.05, 3.63) is 35.9 Å². The van der Waals surface area contributed by atoms with Crippen molar-refractivity contribution in [1.29, 1.82) is 0 Å². The Morgan fingerprint density at radius 2 is 2.15 bits per heavy atom. The topological polar surface area (TPSA) is 55.8 Å². The van der Waals surface area contributed by atoms with Gasteiger partial charge in [-0.25, -0.2) is 4.79 Å². The predicted octanol–water partition coefficient (Wildman–Crippen LogP) is 2.38. The molecular formula is C15H19NO4. The van der Waals surface area contributed by atoms with Crippen LogP contribution in [0.1, 0.15) is 24.9 Å². The Labute approximate surface area is 118 Å². The van der Waals surface area contributed by atoms with Crippen LogP contribution in [-0.2, 0) is 14.3 Å². The molecule has 5 nitrogen and oxygen atoms in total. The highest BCUT2D eigenvalue weighted by Gasteiger charge is 2.34. The molecule has 0 bridgehead atoms. The fraction of sp³-hybridized carbons (Fsp3) is 0.467. The zero-order valence-electron chi connectivity index (χ0n) is 11.7. The van der Waals surface area contributed by atoms with Gasteiger partial charge >= 0.3 is 12.1 Å². The average Bonchev–Trinajstić information content (AvgIpc) is 2.81. The number of esters is 1. The second kappa shape index (κ2) is 6.41. The maximum atomic E-state index is 11.8. The Bertz CT molecular complexity index is 474. The molecule has 0 saturated carbocycles. The molecule has 1 unspecified atom stereocenters. The van der Waals surface area contributed by atoms with Crippen molar-refractivity contribution in [2.24, 2.45) is 5.92 Å². The normalized spacial score (nSPS) is 19.6. The molecule has 1 aromatic rings. The molecule has 5 heteroatoms. The summed E-state index contributed by atoms with van der Waals surface area (Å²) in [7, 11) is 1.37. The van der Waals surface area contributed by atoms with Crippen molar-refractivity contribution in [2.75, 3.05) is 20.3 Å². The van der Waals surface area contributed by atoms with E-state index in [9.17, 15) is 9.59 Å². The summed E-state index contributed by atoms with van der Waals surface area (Å²) in [4.78, 5) is 24.8. The number of amides is 1. The maximum Gasteiger partial charge on any atom is 0.410 e. The van der Waals surface area contributed by atoms with Gasteiger partial charge in [0.1, 0.15) is 6.61 Å². The first-order valence-corrected chi connectivity index (χ1v) is 6.67. The number of hydrogen-bond acceptors (Lipinski definition) is 4. The van der Waals surface area contributed by atoms with E-state index in [4.69, 9.17) is 4.74 Å². The summed E-state index contributed by atoms with van der Waals surface area (Å²) in [6.07, 6.45) is -0.0301. The van der Waals surface area contributed by atoms with Crippen LogP contribution < -0.4 is 0 Å². The number of cyclic esters (lactones) is 1. The van der Waals surface area contributed by atoms with Gasteiger partial charge in [0.25, 0.3) is 0 Å². The zero-order chi connectivity index (χ0) is 14.5. The van der Waals surface area contributed by atoms with Crippen LogP contribution in [0.5, 0.6) is 0 Å². The van der Waals surface area contributed by atoms with Gasteiger partial charge < -0.3 is 9.47 Å². The Balaban J connectivity index is 2.04.